The largest absolute Gasteiger partial charge is 0.451 e. The van der Waals surface area contributed by atoms with E-state index in [2.05, 4.69) is 6.07 Å². The molecular weight excluding hydrogens is 236 g/mol. The molecule has 0 fully saturated rings. The van der Waals surface area contributed by atoms with Gasteiger partial charge in [-0.1, -0.05) is 48.0 Å². The highest BCUT2D eigenvalue weighted by molar-refractivity contribution is 5.92. The summed E-state index contributed by atoms with van der Waals surface area (Å²) in [7, 11) is 0. The molecule has 2 heteroatoms. The number of hydrogen-bond acceptors (Lipinski definition) is 2. The number of carbonyl (C=O) groups excluding carboxylic acids is 1. The molecule has 1 atom stereocenters. The average molecular weight is 252 g/mol. The number of aryl methyl sites for hydroxylation is 1. The van der Waals surface area contributed by atoms with Gasteiger partial charge in [0.05, 0.1) is 5.56 Å². The fourth-order valence-corrected chi connectivity index (χ4v) is 2.68. The molecule has 1 heterocycles. The molecule has 2 aromatic rings. The lowest BCUT2D eigenvalue weighted by atomic mass is 9.84. The number of rotatable bonds is 1. The quantitative estimate of drug-likeness (QED) is 0.724. The van der Waals surface area contributed by atoms with Gasteiger partial charge < -0.3 is 4.74 Å². The zero-order chi connectivity index (χ0) is 13.5. The van der Waals surface area contributed by atoms with Crippen LogP contribution in [0.25, 0.3) is 0 Å². The molecule has 2 nitrogen and oxygen atoms in total. The Hall–Kier alpha value is -2.09. The highest BCUT2D eigenvalue weighted by Crippen LogP contribution is 2.36. The van der Waals surface area contributed by atoms with Crippen LogP contribution in [0.3, 0.4) is 0 Å². The summed E-state index contributed by atoms with van der Waals surface area (Å²) >= 11 is 0. The first-order valence-corrected chi connectivity index (χ1v) is 6.47. The molecule has 1 aliphatic rings. The van der Waals surface area contributed by atoms with Gasteiger partial charge in [-0.3, -0.25) is 0 Å². The maximum Gasteiger partial charge on any atom is 0.339 e. The molecule has 96 valence electrons. The van der Waals surface area contributed by atoms with Crippen molar-refractivity contribution < 1.29 is 9.53 Å². The summed E-state index contributed by atoms with van der Waals surface area (Å²) in [5.74, 6) is -0.229. The van der Waals surface area contributed by atoms with Crippen molar-refractivity contribution in [3.8, 4) is 0 Å². The van der Waals surface area contributed by atoms with Crippen molar-refractivity contribution in [1.82, 2.24) is 0 Å². The van der Waals surface area contributed by atoms with Crippen LogP contribution in [0.1, 0.15) is 34.0 Å². The summed E-state index contributed by atoms with van der Waals surface area (Å²) in [6.07, 6.45) is 0.722. The molecule has 0 spiro atoms. The van der Waals surface area contributed by atoms with Crippen LogP contribution in [0.5, 0.6) is 0 Å². The van der Waals surface area contributed by atoms with Crippen LogP contribution in [0.4, 0.5) is 0 Å². The molecule has 0 N–H and O–H groups in total. The van der Waals surface area contributed by atoms with Crippen molar-refractivity contribution in [2.24, 2.45) is 0 Å². The standard InChI is InChI=1S/C17H16O2/c1-12-8-9-15-13(10-12)11-17(2,19-16(15)18)14-6-4-3-5-7-14/h3-10H,11H2,1-2H3. The first kappa shape index (κ1) is 12.0. The van der Waals surface area contributed by atoms with Crippen LogP contribution in [-0.4, -0.2) is 5.97 Å². The first-order valence-electron chi connectivity index (χ1n) is 6.47. The Bertz CT molecular complexity index is 631. The highest BCUT2D eigenvalue weighted by Gasteiger charge is 2.37. The van der Waals surface area contributed by atoms with Crippen LogP contribution < -0.4 is 0 Å². The summed E-state index contributed by atoms with van der Waals surface area (Å²) in [5.41, 5.74) is 3.40. The van der Waals surface area contributed by atoms with Crippen LogP contribution >= 0.6 is 0 Å². The maximum atomic E-state index is 12.2. The van der Waals surface area contributed by atoms with Crippen molar-refractivity contribution in [1.29, 1.82) is 0 Å². The van der Waals surface area contributed by atoms with E-state index in [-0.39, 0.29) is 5.97 Å². The third kappa shape index (κ3) is 2.03. The lowest BCUT2D eigenvalue weighted by molar-refractivity contribution is -0.0182. The fourth-order valence-electron chi connectivity index (χ4n) is 2.68. The van der Waals surface area contributed by atoms with E-state index in [1.54, 1.807) is 0 Å². The van der Waals surface area contributed by atoms with Gasteiger partial charge in [-0.2, -0.15) is 0 Å². The Balaban J connectivity index is 2.07. The summed E-state index contributed by atoms with van der Waals surface area (Å²) in [6.45, 7) is 4.02. The summed E-state index contributed by atoms with van der Waals surface area (Å²) in [6, 6.07) is 15.8. The minimum atomic E-state index is -0.570. The molecule has 0 saturated carbocycles. The van der Waals surface area contributed by atoms with Crippen LogP contribution in [-0.2, 0) is 16.8 Å². The van der Waals surface area contributed by atoms with E-state index in [0.717, 1.165) is 17.5 Å². The third-order valence-corrected chi connectivity index (χ3v) is 3.71. The van der Waals surface area contributed by atoms with Crippen molar-refractivity contribution >= 4 is 5.97 Å². The molecule has 3 rings (SSSR count). The molecular formula is C17H16O2. The Morgan fingerprint density at radius 2 is 1.84 bits per heavy atom. The van der Waals surface area contributed by atoms with Gasteiger partial charge >= 0.3 is 5.97 Å². The summed E-state index contributed by atoms with van der Waals surface area (Å²) in [5, 5.41) is 0. The minimum absolute atomic E-state index is 0.229. The molecule has 0 amide bonds. The smallest absolute Gasteiger partial charge is 0.339 e. The normalized spacial score (nSPS) is 21.7. The van der Waals surface area contributed by atoms with Gasteiger partial charge in [-0.25, -0.2) is 4.79 Å². The Morgan fingerprint density at radius 1 is 1.11 bits per heavy atom. The number of carbonyl (C=O) groups is 1. The van der Waals surface area contributed by atoms with Crippen LogP contribution in [0, 0.1) is 6.92 Å². The first-order chi connectivity index (χ1) is 9.08. The molecule has 2 aromatic carbocycles. The van der Waals surface area contributed by atoms with Gasteiger partial charge in [0.15, 0.2) is 0 Å². The zero-order valence-electron chi connectivity index (χ0n) is 11.1. The Labute approximate surface area is 113 Å². The maximum absolute atomic E-state index is 12.2. The number of ether oxygens (including phenoxy) is 1. The van der Waals surface area contributed by atoms with Crippen LogP contribution in [0.2, 0.25) is 0 Å². The fraction of sp³-hybridized carbons (Fsp3) is 0.235. The predicted octanol–water partition coefficient (Wildman–Crippen LogP) is 3.62. The SMILES string of the molecule is Cc1ccc2c(c1)CC(C)(c1ccccc1)OC2=O. The van der Waals surface area contributed by atoms with Crippen molar-refractivity contribution in [3.63, 3.8) is 0 Å². The van der Waals surface area contributed by atoms with Gasteiger partial charge in [0.2, 0.25) is 0 Å². The van der Waals surface area contributed by atoms with Crippen molar-refractivity contribution in [3.05, 3.63) is 70.8 Å². The number of hydrogen-bond donors (Lipinski definition) is 0. The molecule has 0 radical (unpaired) electrons. The van der Waals surface area contributed by atoms with Gasteiger partial charge in [0.25, 0.3) is 0 Å². The van der Waals surface area contributed by atoms with E-state index in [1.807, 2.05) is 56.3 Å². The molecule has 0 bridgehead atoms. The average Bonchev–Trinajstić information content (AvgIpc) is 2.39. The third-order valence-electron chi connectivity index (χ3n) is 3.71. The van der Waals surface area contributed by atoms with Gasteiger partial charge in [-0.05, 0) is 31.0 Å². The Morgan fingerprint density at radius 3 is 2.58 bits per heavy atom. The van der Waals surface area contributed by atoms with E-state index in [0.29, 0.717) is 5.56 Å². The van der Waals surface area contributed by atoms with E-state index in [1.165, 1.54) is 5.56 Å². The van der Waals surface area contributed by atoms with E-state index < -0.39 is 5.60 Å². The second kappa shape index (κ2) is 4.23. The van der Waals surface area contributed by atoms with Gasteiger partial charge in [0.1, 0.15) is 5.60 Å². The number of benzene rings is 2. The van der Waals surface area contributed by atoms with Gasteiger partial charge in [0, 0.05) is 6.42 Å². The number of fused-ring (bicyclic) bond motifs is 1. The van der Waals surface area contributed by atoms with E-state index in [4.69, 9.17) is 4.74 Å². The van der Waals surface area contributed by atoms with E-state index in [9.17, 15) is 4.79 Å². The van der Waals surface area contributed by atoms with Crippen molar-refractivity contribution in [2.45, 2.75) is 25.9 Å². The molecule has 19 heavy (non-hydrogen) atoms. The van der Waals surface area contributed by atoms with E-state index >= 15 is 0 Å². The topological polar surface area (TPSA) is 26.3 Å². The van der Waals surface area contributed by atoms with Crippen molar-refractivity contribution in [2.75, 3.05) is 0 Å². The summed E-state index contributed by atoms with van der Waals surface area (Å²) < 4.78 is 5.69. The minimum Gasteiger partial charge on any atom is -0.451 e. The lowest BCUT2D eigenvalue weighted by Crippen LogP contribution is -2.36. The second-order valence-corrected chi connectivity index (χ2v) is 5.32. The molecule has 0 saturated heterocycles. The van der Waals surface area contributed by atoms with Crippen LogP contribution in [0.15, 0.2) is 48.5 Å². The molecule has 0 aliphatic carbocycles. The molecule has 1 aliphatic heterocycles. The van der Waals surface area contributed by atoms with Gasteiger partial charge in [-0.15, -0.1) is 0 Å². The zero-order valence-corrected chi connectivity index (χ0v) is 11.1. The number of esters is 1. The Kier molecular flexibility index (Phi) is 2.67. The molecule has 0 aromatic heterocycles. The monoisotopic (exact) mass is 252 g/mol. The summed E-state index contributed by atoms with van der Waals surface area (Å²) in [4.78, 5) is 12.2. The lowest BCUT2D eigenvalue weighted by Gasteiger charge is -2.35. The highest BCUT2D eigenvalue weighted by atomic mass is 16.6. The molecule has 1 unspecified atom stereocenters. The number of cyclic esters (lactones) is 1. The predicted molar refractivity (Wildman–Crippen MR) is 74.1 cm³/mol. The second-order valence-electron chi connectivity index (χ2n) is 5.32.